The van der Waals surface area contributed by atoms with E-state index in [-0.39, 0.29) is 24.4 Å². The molecule has 0 aromatic heterocycles. The number of benzene rings is 1. The Kier molecular flexibility index (Phi) is 3.95. The van der Waals surface area contributed by atoms with E-state index in [2.05, 4.69) is 12.2 Å². The molecule has 0 bridgehead atoms. The number of nitrogens with one attached hydrogen (secondary N) is 1. The highest BCUT2D eigenvalue weighted by molar-refractivity contribution is 5.95. The van der Waals surface area contributed by atoms with E-state index >= 15 is 0 Å². The van der Waals surface area contributed by atoms with Crippen LogP contribution < -0.4 is 5.32 Å². The quantitative estimate of drug-likeness (QED) is 0.906. The standard InChI is InChI=1S/C17H22N2O2/c1-12-7-9-14(10-8-12)19-11-15(20)18-16(17(19)21)13-5-3-2-4-6-13/h2-6,12,14,16H,7-11H2,1H3,(H,18,20). The van der Waals surface area contributed by atoms with Crippen LogP contribution in [0.2, 0.25) is 0 Å². The van der Waals surface area contributed by atoms with Gasteiger partial charge in [-0.15, -0.1) is 0 Å². The lowest BCUT2D eigenvalue weighted by atomic mass is 9.86. The first-order valence-corrected chi connectivity index (χ1v) is 7.80. The van der Waals surface area contributed by atoms with Gasteiger partial charge in [0.2, 0.25) is 5.91 Å². The molecule has 1 aromatic rings. The van der Waals surface area contributed by atoms with Crippen LogP contribution >= 0.6 is 0 Å². The highest BCUT2D eigenvalue weighted by atomic mass is 16.2. The van der Waals surface area contributed by atoms with Gasteiger partial charge in [0.05, 0.1) is 6.54 Å². The monoisotopic (exact) mass is 286 g/mol. The summed E-state index contributed by atoms with van der Waals surface area (Å²) < 4.78 is 0. The summed E-state index contributed by atoms with van der Waals surface area (Å²) >= 11 is 0. The minimum atomic E-state index is -0.521. The lowest BCUT2D eigenvalue weighted by Gasteiger charge is -2.40. The second kappa shape index (κ2) is 5.88. The lowest BCUT2D eigenvalue weighted by Crippen LogP contribution is -2.57. The van der Waals surface area contributed by atoms with Crippen molar-refractivity contribution in [2.24, 2.45) is 5.92 Å². The van der Waals surface area contributed by atoms with Crippen molar-refractivity contribution in [2.45, 2.75) is 44.7 Å². The van der Waals surface area contributed by atoms with Crippen LogP contribution in [-0.4, -0.2) is 29.3 Å². The molecule has 1 N–H and O–H groups in total. The van der Waals surface area contributed by atoms with E-state index in [1.165, 1.54) is 0 Å². The van der Waals surface area contributed by atoms with Gasteiger partial charge in [-0.25, -0.2) is 0 Å². The van der Waals surface area contributed by atoms with Crippen molar-refractivity contribution in [3.63, 3.8) is 0 Å². The summed E-state index contributed by atoms with van der Waals surface area (Å²) in [5.74, 6) is 0.724. The zero-order chi connectivity index (χ0) is 14.8. The van der Waals surface area contributed by atoms with Gasteiger partial charge in [-0.3, -0.25) is 9.59 Å². The molecule has 1 saturated carbocycles. The second-order valence-electron chi connectivity index (χ2n) is 6.29. The number of rotatable bonds is 2. The number of hydrogen-bond acceptors (Lipinski definition) is 2. The van der Waals surface area contributed by atoms with Crippen LogP contribution in [0.5, 0.6) is 0 Å². The maximum atomic E-state index is 12.8. The third-order valence-corrected chi connectivity index (χ3v) is 4.71. The lowest BCUT2D eigenvalue weighted by molar-refractivity contribution is -0.147. The average molecular weight is 286 g/mol. The highest BCUT2D eigenvalue weighted by Gasteiger charge is 2.38. The summed E-state index contributed by atoms with van der Waals surface area (Å²) in [6.07, 6.45) is 4.32. The fraction of sp³-hybridized carbons (Fsp3) is 0.529. The van der Waals surface area contributed by atoms with Gasteiger partial charge in [-0.1, -0.05) is 37.3 Å². The van der Waals surface area contributed by atoms with E-state index in [0.717, 1.165) is 37.2 Å². The smallest absolute Gasteiger partial charge is 0.250 e. The van der Waals surface area contributed by atoms with Crippen molar-refractivity contribution in [3.05, 3.63) is 35.9 Å². The third-order valence-electron chi connectivity index (χ3n) is 4.71. The second-order valence-corrected chi connectivity index (χ2v) is 6.29. The maximum absolute atomic E-state index is 12.8. The number of carbonyl (C=O) groups is 2. The van der Waals surface area contributed by atoms with Crippen LogP contribution in [0, 0.1) is 5.92 Å². The van der Waals surface area contributed by atoms with Gasteiger partial charge in [-0.05, 0) is 37.2 Å². The Morgan fingerprint density at radius 3 is 2.38 bits per heavy atom. The fourth-order valence-corrected chi connectivity index (χ4v) is 3.40. The number of hydrogen-bond donors (Lipinski definition) is 1. The maximum Gasteiger partial charge on any atom is 0.250 e. The van der Waals surface area contributed by atoms with Crippen LogP contribution in [0.25, 0.3) is 0 Å². The minimum Gasteiger partial charge on any atom is -0.339 e. The molecule has 3 rings (SSSR count). The molecule has 112 valence electrons. The van der Waals surface area contributed by atoms with Gasteiger partial charge in [0.15, 0.2) is 0 Å². The van der Waals surface area contributed by atoms with E-state index in [9.17, 15) is 9.59 Å². The molecular weight excluding hydrogens is 264 g/mol. The molecule has 0 spiro atoms. The van der Waals surface area contributed by atoms with Crippen LogP contribution in [0.3, 0.4) is 0 Å². The summed E-state index contributed by atoms with van der Waals surface area (Å²) in [6, 6.07) is 9.22. The summed E-state index contributed by atoms with van der Waals surface area (Å²) in [6.45, 7) is 2.47. The van der Waals surface area contributed by atoms with Gasteiger partial charge < -0.3 is 10.2 Å². The SMILES string of the molecule is CC1CCC(N2CC(=O)NC(c3ccccc3)C2=O)CC1. The summed E-state index contributed by atoms with van der Waals surface area (Å²) in [7, 11) is 0. The fourth-order valence-electron chi connectivity index (χ4n) is 3.40. The van der Waals surface area contributed by atoms with Crippen LogP contribution in [0.4, 0.5) is 0 Å². The molecule has 4 nitrogen and oxygen atoms in total. The Morgan fingerprint density at radius 2 is 1.71 bits per heavy atom. The molecule has 1 aliphatic carbocycles. The van der Waals surface area contributed by atoms with Gasteiger partial charge in [0.1, 0.15) is 6.04 Å². The molecular formula is C17H22N2O2. The number of carbonyl (C=O) groups excluding carboxylic acids is 2. The van der Waals surface area contributed by atoms with Gasteiger partial charge in [0.25, 0.3) is 5.91 Å². The summed E-state index contributed by atoms with van der Waals surface area (Å²) in [5.41, 5.74) is 0.865. The van der Waals surface area contributed by atoms with Gasteiger partial charge >= 0.3 is 0 Å². The molecule has 2 amide bonds. The van der Waals surface area contributed by atoms with Gasteiger partial charge in [-0.2, -0.15) is 0 Å². The van der Waals surface area contributed by atoms with Crippen molar-refractivity contribution in [1.82, 2.24) is 10.2 Å². The van der Waals surface area contributed by atoms with Gasteiger partial charge in [0, 0.05) is 6.04 Å². The van der Waals surface area contributed by atoms with Crippen LogP contribution in [0.1, 0.15) is 44.2 Å². The van der Waals surface area contributed by atoms with E-state index in [1.54, 1.807) is 0 Å². The van der Waals surface area contributed by atoms with Crippen molar-refractivity contribution in [2.75, 3.05) is 6.54 Å². The summed E-state index contributed by atoms with van der Waals surface area (Å²) in [4.78, 5) is 26.6. The number of nitrogens with zero attached hydrogens (tertiary/aromatic N) is 1. The molecule has 0 radical (unpaired) electrons. The van der Waals surface area contributed by atoms with E-state index in [4.69, 9.17) is 0 Å². The number of amides is 2. The Hall–Kier alpha value is -1.84. The summed E-state index contributed by atoms with van der Waals surface area (Å²) in [5, 5.41) is 2.83. The molecule has 2 aliphatic rings. The molecule has 1 aromatic carbocycles. The van der Waals surface area contributed by atoms with Crippen LogP contribution in [-0.2, 0) is 9.59 Å². The molecule has 21 heavy (non-hydrogen) atoms. The van der Waals surface area contributed by atoms with E-state index in [0.29, 0.717) is 0 Å². The first kappa shape index (κ1) is 14.1. The normalized spacial score (nSPS) is 30.1. The molecule has 2 fully saturated rings. The molecule has 4 heteroatoms. The Bertz CT molecular complexity index is 521. The Morgan fingerprint density at radius 1 is 1.05 bits per heavy atom. The topological polar surface area (TPSA) is 49.4 Å². The third kappa shape index (κ3) is 2.94. The minimum absolute atomic E-state index is 0.0420. The first-order valence-electron chi connectivity index (χ1n) is 7.80. The van der Waals surface area contributed by atoms with Crippen molar-refractivity contribution in [3.8, 4) is 0 Å². The van der Waals surface area contributed by atoms with E-state index < -0.39 is 6.04 Å². The molecule has 1 saturated heterocycles. The van der Waals surface area contributed by atoms with E-state index in [1.807, 2.05) is 35.2 Å². The van der Waals surface area contributed by atoms with Crippen LogP contribution in [0.15, 0.2) is 30.3 Å². The first-order chi connectivity index (χ1) is 10.1. The molecule has 1 heterocycles. The average Bonchev–Trinajstić information content (AvgIpc) is 2.51. The Balaban J connectivity index is 1.79. The molecule has 1 unspecified atom stereocenters. The molecule has 1 aliphatic heterocycles. The number of piperazine rings is 1. The zero-order valence-corrected chi connectivity index (χ0v) is 12.4. The van der Waals surface area contributed by atoms with Crippen molar-refractivity contribution in [1.29, 1.82) is 0 Å². The largest absolute Gasteiger partial charge is 0.339 e. The van der Waals surface area contributed by atoms with Crippen molar-refractivity contribution >= 4 is 11.8 Å². The van der Waals surface area contributed by atoms with Crippen molar-refractivity contribution < 1.29 is 9.59 Å². The molecule has 1 atom stereocenters. The Labute approximate surface area is 125 Å². The predicted molar refractivity (Wildman–Crippen MR) is 80.5 cm³/mol. The highest BCUT2D eigenvalue weighted by Crippen LogP contribution is 2.30. The zero-order valence-electron chi connectivity index (χ0n) is 12.4. The predicted octanol–water partition coefficient (Wildman–Crippen LogP) is 2.26.